The molecule has 7 heteroatoms. The number of amides is 1. The van der Waals surface area contributed by atoms with Crippen LogP contribution in [0.15, 0.2) is 60.0 Å². The molecule has 2 N–H and O–H groups in total. The highest BCUT2D eigenvalue weighted by Gasteiger charge is 2.22. The minimum atomic E-state index is -0.431. The van der Waals surface area contributed by atoms with Gasteiger partial charge >= 0.3 is 5.97 Å². The third kappa shape index (κ3) is 6.23. The summed E-state index contributed by atoms with van der Waals surface area (Å²) in [6.45, 7) is 4.04. The van der Waals surface area contributed by atoms with E-state index in [9.17, 15) is 9.59 Å². The average molecular weight is 453 g/mol. The molecule has 0 atom stereocenters. The van der Waals surface area contributed by atoms with Crippen LogP contribution in [0.2, 0.25) is 0 Å². The van der Waals surface area contributed by atoms with Gasteiger partial charge in [0.05, 0.1) is 6.61 Å². The van der Waals surface area contributed by atoms with Gasteiger partial charge in [-0.2, -0.15) is 0 Å². The summed E-state index contributed by atoms with van der Waals surface area (Å²) < 4.78 is 5.26. The zero-order valence-corrected chi connectivity index (χ0v) is 19.1. The van der Waals surface area contributed by atoms with Crippen LogP contribution in [0.25, 0.3) is 11.1 Å². The van der Waals surface area contributed by atoms with Crippen molar-refractivity contribution in [2.24, 2.45) is 0 Å². The van der Waals surface area contributed by atoms with Crippen LogP contribution in [0.3, 0.4) is 0 Å². The molecule has 3 rings (SSSR count). The number of rotatable bonds is 7. The fraction of sp³-hybridized carbons (Fsp3) is 0.208. The molecule has 1 amide bonds. The number of carbonyl (C=O) groups is 2. The molecule has 1 aromatic heterocycles. The van der Waals surface area contributed by atoms with Crippen molar-refractivity contribution in [1.82, 2.24) is 5.32 Å². The number of hydrogen-bond donors (Lipinski definition) is 2. The van der Waals surface area contributed by atoms with Gasteiger partial charge in [-0.25, -0.2) is 4.79 Å². The number of nitrogens with one attached hydrogen (secondary N) is 2. The normalized spacial score (nSPS) is 10.4. The largest absolute Gasteiger partial charge is 0.462 e. The van der Waals surface area contributed by atoms with Gasteiger partial charge in [0.1, 0.15) is 10.6 Å². The lowest BCUT2D eigenvalue weighted by Crippen LogP contribution is -2.34. The maximum Gasteiger partial charge on any atom is 0.341 e. The molecular formula is C24H24N2O3S2. The lowest BCUT2D eigenvalue weighted by Gasteiger charge is -2.11. The van der Waals surface area contributed by atoms with Crippen molar-refractivity contribution >= 4 is 45.5 Å². The first-order valence-corrected chi connectivity index (χ1v) is 11.3. The maximum absolute atomic E-state index is 12.7. The molecule has 0 aliphatic carbocycles. The Kier molecular flexibility index (Phi) is 7.92. The van der Waals surface area contributed by atoms with Crippen LogP contribution < -0.4 is 10.6 Å². The molecule has 0 saturated carbocycles. The second kappa shape index (κ2) is 10.8. The van der Waals surface area contributed by atoms with Crippen LogP contribution >= 0.6 is 23.6 Å². The van der Waals surface area contributed by atoms with E-state index >= 15 is 0 Å². The summed E-state index contributed by atoms with van der Waals surface area (Å²) in [5.41, 5.74) is 4.31. The van der Waals surface area contributed by atoms with Gasteiger partial charge in [0.25, 0.3) is 0 Å². The predicted octanol–water partition coefficient (Wildman–Crippen LogP) is 5.35. The molecule has 0 radical (unpaired) electrons. The van der Waals surface area contributed by atoms with Crippen molar-refractivity contribution in [3.05, 3.63) is 76.7 Å². The molecule has 0 bridgehead atoms. The third-order valence-electron chi connectivity index (χ3n) is 4.60. The minimum absolute atomic E-state index is 0.154. The number of carbonyl (C=O) groups excluding carboxylic acids is 2. The summed E-state index contributed by atoms with van der Waals surface area (Å²) in [6, 6.07) is 17.7. The van der Waals surface area contributed by atoms with E-state index in [0.29, 0.717) is 23.4 Å². The van der Waals surface area contributed by atoms with E-state index in [-0.39, 0.29) is 17.6 Å². The predicted molar refractivity (Wildman–Crippen MR) is 130 cm³/mol. The Labute approximate surface area is 191 Å². The van der Waals surface area contributed by atoms with Crippen LogP contribution in [0.4, 0.5) is 5.00 Å². The van der Waals surface area contributed by atoms with Crippen molar-refractivity contribution in [2.45, 2.75) is 26.7 Å². The fourth-order valence-corrected chi connectivity index (χ4v) is 4.27. The Morgan fingerprint density at radius 1 is 1.06 bits per heavy atom. The standard InChI is InChI=1S/C24H24N2O3S2/c1-3-29-23(28)21-19(18-12-9-16(2)10-13-18)15-31-22(21)26-24(30)25-20(27)14-11-17-7-5-4-6-8-17/h4-10,12-13,15H,3,11,14H2,1-2H3,(H2,25,26,27,30). The van der Waals surface area contributed by atoms with Gasteiger partial charge in [-0.3, -0.25) is 4.79 Å². The molecule has 0 fully saturated rings. The monoisotopic (exact) mass is 452 g/mol. The summed E-state index contributed by atoms with van der Waals surface area (Å²) >= 11 is 6.65. The lowest BCUT2D eigenvalue weighted by atomic mass is 10.0. The van der Waals surface area contributed by atoms with Gasteiger partial charge in [-0.05, 0) is 43.6 Å². The molecule has 0 spiro atoms. The van der Waals surface area contributed by atoms with Crippen LogP contribution in [0.1, 0.15) is 34.8 Å². The Balaban J connectivity index is 1.71. The summed E-state index contributed by atoms with van der Waals surface area (Å²) in [6.07, 6.45) is 0.940. The molecule has 5 nitrogen and oxygen atoms in total. The average Bonchev–Trinajstić information content (AvgIpc) is 3.17. The third-order valence-corrected chi connectivity index (χ3v) is 5.70. The van der Waals surface area contributed by atoms with E-state index < -0.39 is 5.97 Å². The van der Waals surface area contributed by atoms with E-state index in [1.165, 1.54) is 11.3 Å². The van der Waals surface area contributed by atoms with E-state index in [4.69, 9.17) is 17.0 Å². The first-order valence-electron chi connectivity index (χ1n) is 9.98. The van der Waals surface area contributed by atoms with Crippen molar-refractivity contribution < 1.29 is 14.3 Å². The van der Waals surface area contributed by atoms with Crippen LogP contribution in [-0.2, 0) is 16.0 Å². The number of benzene rings is 2. The van der Waals surface area contributed by atoms with Gasteiger partial charge in [0.15, 0.2) is 5.11 Å². The zero-order valence-electron chi connectivity index (χ0n) is 17.4. The molecule has 0 unspecified atom stereocenters. The quantitative estimate of drug-likeness (QED) is 0.374. The van der Waals surface area contributed by atoms with Crippen molar-refractivity contribution in [2.75, 3.05) is 11.9 Å². The number of hydrogen-bond acceptors (Lipinski definition) is 5. The van der Waals surface area contributed by atoms with Crippen molar-refractivity contribution in [1.29, 1.82) is 0 Å². The van der Waals surface area contributed by atoms with Crippen molar-refractivity contribution in [3.8, 4) is 11.1 Å². The van der Waals surface area contributed by atoms with Crippen LogP contribution in [0.5, 0.6) is 0 Å². The number of esters is 1. The molecule has 31 heavy (non-hydrogen) atoms. The van der Waals surface area contributed by atoms with Gasteiger partial charge in [-0.15, -0.1) is 11.3 Å². The maximum atomic E-state index is 12.7. The zero-order chi connectivity index (χ0) is 22.2. The van der Waals surface area contributed by atoms with E-state index in [2.05, 4.69) is 10.6 Å². The molecule has 1 heterocycles. The lowest BCUT2D eigenvalue weighted by molar-refractivity contribution is -0.119. The molecule has 3 aromatic rings. The Bertz CT molecular complexity index is 1060. The first kappa shape index (κ1) is 22.7. The first-order chi connectivity index (χ1) is 15.0. The van der Waals surface area contributed by atoms with Gasteiger partial charge in [0.2, 0.25) is 5.91 Å². The molecule has 0 saturated heterocycles. The SMILES string of the molecule is CCOC(=O)c1c(-c2ccc(C)cc2)csc1NC(=S)NC(=O)CCc1ccccc1. The molecule has 0 aliphatic rings. The highest BCUT2D eigenvalue weighted by atomic mass is 32.1. The van der Waals surface area contributed by atoms with Crippen LogP contribution in [-0.4, -0.2) is 23.6 Å². The summed E-state index contributed by atoms with van der Waals surface area (Å²) in [4.78, 5) is 24.9. The smallest absolute Gasteiger partial charge is 0.341 e. The minimum Gasteiger partial charge on any atom is -0.462 e. The fourth-order valence-electron chi connectivity index (χ4n) is 3.03. The van der Waals surface area contributed by atoms with Gasteiger partial charge < -0.3 is 15.4 Å². The van der Waals surface area contributed by atoms with E-state index in [1.54, 1.807) is 6.92 Å². The van der Waals surface area contributed by atoms with Crippen molar-refractivity contribution in [3.63, 3.8) is 0 Å². The topological polar surface area (TPSA) is 67.4 Å². The number of aryl methyl sites for hydroxylation is 2. The molecule has 160 valence electrons. The Hall–Kier alpha value is -3.03. The number of thiocarbonyl (C=S) groups is 1. The highest BCUT2D eigenvalue weighted by molar-refractivity contribution is 7.80. The van der Waals surface area contributed by atoms with Crippen LogP contribution in [0, 0.1) is 6.92 Å². The molecule has 0 aliphatic heterocycles. The van der Waals surface area contributed by atoms with E-state index in [0.717, 1.165) is 22.3 Å². The number of anilines is 1. The second-order valence-corrected chi connectivity index (χ2v) is 8.22. The summed E-state index contributed by atoms with van der Waals surface area (Å²) in [5.74, 6) is -0.616. The summed E-state index contributed by atoms with van der Waals surface area (Å²) in [5, 5.41) is 8.27. The number of thiophene rings is 1. The second-order valence-electron chi connectivity index (χ2n) is 6.93. The van der Waals surface area contributed by atoms with E-state index in [1.807, 2.05) is 66.9 Å². The Morgan fingerprint density at radius 3 is 2.45 bits per heavy atom. The summed E-state index contributed by atoms with van der Waals surface area (Å²) in [7, 11) is 0. The highest BCUT2D eigenvalue weighted by Crippen LogP contribution is 2.36. The molecule has 2 aromatic carbocycles. The molecular weight excluding hydrogens is 428 g/mol. The number of ether oxygens (including phenoxy) is 1. The van der Waals surface area contributed by atoms with Gasteiger partial charge in [0, 0.05) is 17.4 Å². The van der Waals surface area contributed by atoms with Gasteiger partial charge in [-0.1, -0.05) is 60.2 Å². The Morgan fingerprint density at radius 2 is 1.77 bits per heavy atom.